The molecule has 26 heavy (non-hydrogen) atoms. The van der Waals surface area contributed by atoms with Crippen LogP contribution in [0.25, 0.3) is 0 Å². The van der Waals surface area contributed by atoms with Gasteiger partial charge in [0.2, 0.25) is 5.91 Å². The number of hydrogen-bond donors (Lipinski definition) is 1. The summed E-state index contributed by atoms with van der Waals surface area (Å²) < 4.78 is 36.9. The molecule has 0 saturated carbocycles. The van der Waals surface area contributed by atoms with E-state index in [1.807, 2.05) is 20.8 Å². The lowest BCUT2D eigenvalue weighted by Crippen LogP contribution is -2.58. The normalized spacial score (nSPS) is 28.5. The number of aromatic nitrogens is 2. The molecule has 0 radical (unpaired) electrons. The van der Waals surface area contributed by atoms with Crippen LogP contribution in [0.2, 0.25) is 0 Å². The van der Waals surface area contributed by atoms with Crippen LogP contribution in [0.3, 0.4) is 0 Å². The van der Waals surface area contributed by atoms with E-state index in [1.54, 1.807) is 21.8 Å². The highest BCUT2D eigenvalue weighted by molar-refractivity contribution is 7.87. The summed E-state index contributed by atoms with van der Waals surface area (Å²) in [7, 11) is -3.76. The van der Waals surface area contributed by atoms with Crippen molar-refractivity contribution in [1.29, 1.82) is 0 Å². The van der Waals surface area contributed by atoms with Crippen LogP contribution in [0.4, 0.5) is 5.82 Å². The molecule has 3 atom stereocenters. The van der Waals surface area contributed by atoms with Crippen molar-refractivity contribution < 1.29 is 17.9 Å². The van der Waals surface area contributed by atoms with E-state index in [4.69, 9.17) is 4.74 Å². The second-order valence-corrected chi connectivity index (χ2v) is 8.59. The van der Waals surface area contributed by atoms with Crippen LogP contribution in [0.5, 0.6) is 0 Å². The first kappa shape index (κ1) is 19.3. The number of carbonyl (C=O) groups is 1. The van der Waals surface area contributed by atoms with Crippen molar-refractivity contribution >= 4 is 21.9 Å². The van der Waals surface area contributed by atoms with Crippen molar-refractivity contribution in [2.45, 2.75) is 58.4 Å². The van der Waals surface area contributed by atoms with E-state index in [-0.39, 0.29) is 31.2 Å². The summed E-state index contributed by atoms with van der Waals surface area (Å²) in [5, 5.41) is 4.20. The Bertz CT molecular complexity index is 740. The van der Waals surface area contributed by atoms with Crippen molar-refractivity contribution in [3.8, 4) is 0 Å². The van der Waals surface area contributed by atoms with Crippen LogP contribution >= 0.6 is 0 Å². The van der Waals surface area contributed by atoms with Gasteiger partial charge in [-0.2, -0.15) is 22.5 Å². The van der Waals surface area contributed by atoms with Gasteiger partial charge >= 0.3 is 0 Å². The molecule has 0 spiro atoms. The van der Waals surface area contributed by atoms with Crippen molar-refractivity contribution in [3.05, 3.63) is 12.3 Å². The molecule has 3 rings (SSSR count). The Hall–Kier alpha value is -1.49. The minimum Gasteiger partial charge on any atom is -0.373 e. The Balaban J connectivity index is 1.73. The Morgan fingerprint density at radius 3 is 2.65 bits per heavy atom. The number of rotatable bonds is 5. The maximum Gasteiger partial charge on any atom is 0.280 e. The zero-order valence-electron chi connectivity index (χ0n) is 15.5. The third kappa shape index (κ3) is 3.93. The maximum atomic E-state index is 12.9. The molecular weight excluding hydrogens is 358 g/mol. The van der Waals surface area contributed by atoms with E-state index >= 15 is 0 Å². The SMILES string of the molecule is CCn1nccc1N1CCC[C@H](NS(=O)(=O)N2C[C@H](C)O[C@@H](C)C2)C1=O. The monoisotopic (exact) mass is 385 g/mol. The highest BCUT2D eigenvalue weighted by Gasteiger charge is 2.37. The van der Waals surface area contributed by atoms with E-state index in [9.17, 15) is 13.2 Å². The number of nitrogens with one attached hydrogen (secondary N) is 1. The summed E-state index contributed by atoms with van der Waals surface area (Å²) in [6.07, 6.45) is 2.52. The first-order chi connectivity index (χ1) is 12.3. The highest BCUT2D eigenvalue weighted by atomic mass is 32.2. The number of ether oxygens (including phenoxy) is 1. The molecule has 3 heterocycles. The first-order valence-corrected chi connectivity index (χ1v) is 10.5. The van der Waals surface area contributed by atoms with Gasteiger partial charge in [0, 0.05) is 32.2 Å². The maximum absolute atomic E-state index is 12.9. The van der Waals surface area contributed by atoms with Crippen molar-refractivity contribution in [3.63, 3.8) is 0 Å². The van der Waals surface area contributed by atoms with Gasteiger partial charge in [0.25, 0.3) is 10.2 Å². The lowest BCUT2D eigenvalue weighted by molar-refractivity contribution is -0.121. The van der Waals surface area contributed by atoms with Crippen LogP contribution in [0, 0.1) is 0 Å². The average Bonchev–Trinajstić information content (AvgIpc) is 3.04. The molecule has 1 aromatic rings. The average molecular weight is 385 g/mol. The Morgan fingerprint density at radius 2 is 2.00 bits per heavy atom. The van der Waals surface area contributed by atoms with Gasteiger partial charge in [0.15, 0.2) is 0 Å². The van der Waals surface area contributed by atoms with Gasteiger partial charge in [0.1, 0.15) is 11.9 Å². The largest absolute Gasteiger partial charge is 0.373 e. The van der Waals surface area contributed by atoms with Crippen LogP contribution in [-0.2, 0) is 26.3 Å². The standard InChI is InChI=1S/C16H27N5O4S/c1-4-21-15(7-8-17-21)20-9-5-6-14(16(20)22)18-26(23,24)19-10-12(2)25-13(3)11-19/h7-8,12-14,18H,4-6,9-11H2,1-3H3/t12-,13-,14-/m0/s1. The highest BCUT2D eigenvalue weighted by Crippen LogP contribution is 2.22. The molecule has 1 aromatic heterocycles. The van der Waals surface area contributed by atoms with Crippen LogP contribution < -0.4 is 9.62 Å². The molecule has 2 fully saturated rings. The smallest absolute Gasteiger partial charge is 0.280 e. The lowest BCUT2D eigenvalue weighted by Gasteiger charge is -2.37. The Kier molecular flexibility index (Phi) is 5.66. The Labute approximate surface area is 154 Å². The molecule has 2 saturated heterocycles. The number of anilines is 1. The number of aryl methyl sites for hydroxylation is 1. The molecule has 0 aromatic carbocycles. The zero-order valence-corrected chi connectivity index (χ0v) is 16.3. The second-order valence-electron chi connectivity index (χ2n) is 6.89. The quantitative estimate of drug-likeness (QED) is 0.788. The summed E-state index contributed by atoms with van der Waals surface area (Å²) in [5.41, 5.74) is 0. The van der Waals surface area contributed by atoms with Gasteiger partial charge < -0.3 is 4.74 Å². The zero-order chi connectivity index (χ0) is 18.9. The summed E-state index contributed by atoms with van der Waals surface area (Å²) in [6, 6.07) is 1.02. The van der Waals surface area contributed by atoms with Gasteiger partial charge in [-0.1, -0.05) is 0 Å². The fourth-order valence-corrected chi connectivity index (χ4v) is 5.13. The molecule has 146 valence electrons. The van der Waals surface area contributed by atoms with Crippen molar-refractivity contribution in [1.82, 2.24) is 18.8 Å². The second kappa shape index (κ2) is 7.63. The third-order valence-electron chi connectivity index (χ3n) is 4.73. The molecule has 1 N–H and O–H groups in total. The van der Waals surface area contributed by atoms with E-state index in [0.717, 1.165) is 6.42 Å². The van der Waals surface area contributed by atoms with Gasteiger partial charge in [-0.25, -0.2) is 4.68 Å². The number of nitrogens with zero attached hydrogens (tertiary/aromatic N) is 4. The van der Waals surface area contributed by atoms with Gasteiger partial charge in [-0.05, 0) is 33.6 Å². The van der Waals surface area contributed by atoms with Crippen LogP contribution in [-0.4, -0.2) is 66.3 Å². The molecule has 10 heteroatoms. The summed E-state index contributed by atoms with van der Waals surface area (Å²) in [4.78, 5) is 14.5. The summed E-state index contributed by atoms with van der Waals surface area (Å²) >= 11 is 0. The van der Waals surface area contributed by atoms with E-state index < -0.39 is 16.3 Å². The lowest BCUT2D eigenvalue weighted by atomic mass is 10.1. The number of hydrogen-bond acceptors (Lipinski definition) is 5. The molecule has 0 aliphatic carbocycles. The van der Waals surface area contributed by atoms with E-state index in [0.29, 0.717) is 25.3 Å². The predicted octanol–water partition coefficient (Wildman–Crippen LogP) is 0.342. The summed E-state index contributed by atoms with van der Waals surface area (Å²) in [6.45, 7) is 7.42. The van der Waals surface area contributed by atoms with Gasteiger partial charge in [-0.3, -0.25) is 9.69 Å². The van der Waals surface area contributed by atoms with Crippen molar-refractivity contribution in [2.75, 3.05) is 24.5 Å². The molecule has 2 aliphatic rings. The van der Waals surface area contributed by atoms with E-state index in [1.165, 1.54) is 4.31 Å². The number of piperidine rings is 1. The Morgan fingerprint density at radius 1 is 1.31 bits per heavy atom. The number of morpholine rings is 1. The molecule has 1 amide bonds. The van der Waals surface area contributed by atoms with Crippen LogP contribution in [0.15, 0.2) is 12.3 Å². The first-order valence-electron chi connectivity index (χ1n) is 9.08. The van der Waals surface area contributed by atoms with Crippen LogP contribution in [0.1, 0.15) is 33.6 Å². The fourth-order valence-electron chi connectivity index (χ4n) is 3.59. The number of carbonyl (C=O) groups excluding carboxylic acids is 1. The molecule has 0 bridgehead atoms. The molecule has 9 nitrogen and oxygen atoms in total. The molecule has 2 aliphatic heterocycles. The van der Waals surface area contributed by atoms with Gasteiger partial charge in [-0.15, -0.1) is 0 Å². The number of amides is 1. The van der Waals surface area contributed by atoms with Gasteiger partial charge in [0.05, 0.1) is 18.4 Å². The van der Waals surface area contributed by atoms with Crippen molar-refractivity contribution in [2.24, 2.45) is 0 Å². The predicted molar refractivity (Wildman–Crippen MR) is 96.9 cm³/mol. The topological polar surface area (TPSA) is 96.8 Å². The fraction of sp³-hybridized carbons (Fsp3) is 0.750. The molecular formula is C16H27N5O4S. The minimum absolute atomic E-state index is 0.173. The summed E-state index contributed by atoms with van der Waals surface area (Å²) in [5.74, 6) is 0.472. The minimum atomic E-state index is -3.76. The third-order valence-corrected chi connectivity index (χ3v) is 6.29. The molecule has 0 unspecified atom stereocenters. The van der Waals surface area contributed by atoms with E-state index in [2.05, 4.69) is 9.82 Å².